The molecule has 5 heteroatoms. The highest BCUT2D eigenvalue weighted by atomic mass is 79.9. The summed E-state index contributed by atoms with van der Waals surface area (Å²) in [6, 6.07) is 6.39. The third-order valence-electron chi connectivity index (χ3n) is 2.71. The van der Waals surface area contributed by atoms with Crippen molar-refractivity contribution in [2.45, 2.75) is 25.1 Å². The van der Waals surface area contributed by atoms with Crippen LogP contribution in [0, 0.1) is 0 Å². The molecule has 0 aromatic heterocycles. The average molecular weight is 383 g/mol. The second-order valence-electron chi connectivity index (χ2n) is 4.10. The molecule has 1 aromatic carbocycles. The Hall–Kier alpha value is 0.290. The molecule has 1 rings (SSSR count). The van der Waals surface area contributed by atoms with Crippen LogP contribution in [0.25, 0.3) is 0 Å². The predicted molar refractivity (Wildman–Crippen MR) is 81.8 cm³/mol. The zero-order valence-electron chi connectivity index (χ0n) is 10.2. The Morgan fingerprint density at radius 3 is 2.53 bits per heavy atom. The fourth-order valence-corrected chi connectivity index (χ4v) is 3.14. The molecule has 0 aliphatic rings. The molecule has 0 radical (unpaired) electrons. The quantitative estimate of drug-likeness (QED) is 0.842. The van der Waals surface area contributed by atoms with Gasteiger partial charge >= 0.3 is 0 Å². The third-order valence-corrected chi connectivity index (χ3v) is 5.19. The fraction of sp³-hybridized carbons (Fsp3) is 0.500. The molecule has 0 amide bonds. The lowest BCUT2D eigenvalue weighted by Crippen LogP contribution is -2.29. The van der Waals surface area contributed by atoms with E-state index in [4.69, 9.17) is 0 Å². The minimum absolute atomic E-state index is 0.173. The zero-order valence-corrected chi connectivity index (χ0v) is 14.2. The van der Waals surface area contributed by atoms with Crippen LogP contribution in [-0.4, -0.2) is 22.3 Å². The van der Waals surface area contributed by atoms with Gasteiger partial charge in [-0.15, -0.1) is 0 Å². The lowest BCUT2D eigenvalue weighted by molar-refractivity contribution is 0.567. The van der Waals surface area contributed by atoms with Gasteiger partial charge in [0, 0.05) is 43.8 Å². The van der Waals surface area contributed by atoms with Gasteiger partial charge in [0.15, 0.2) is 0 Å². The molecule has 0 bridgehead atoms. The molecular weight excluding hydrogens is 366 g/mol. The fourth-order valence-electron chi connectivity index (χ4n) is 1.42. The molecule has 96 valence electrons. The van der Waals surface area contributed by atoms with Gasteiger partial charge in [0.25, 0.3) is 0 Å². The largest absolute Gasteiger partial charge is 0.309 e. The van der Waals surface area contributed by atoms with Gasteiger partial charge < -0.3 is 5.32 Å². The van der Waals surface area contributed by atoms with E-state index in [2.05, 4.69) is 50.2 Å². The standard InChI is InChI=1S/C12H17Br2NOS/c1-8(17(3)16)7-15-9(2)11-5-4-10(13)6-12(11)14/h4-6,8-9,15H,7H2,1-3H3. The molecule has 0 saturated carbocycles. The summed E-state index contributed by atoms with van der Waals surface area (Å²) in [5.74, 6) is 0. The van der Waals surface area contributed by atoms with Crippen molar-refractivity contribution in [3.8, 4) is 0 Å². The Morgan fingerprint density at radius 1 is 1.35 bits per heavy atom. The van der Waals surface area contributed by atoms with Gasteiger partial charge in [0.2, 0.25) is 0 Å². The van der Waals surface area contributed by atoms with Crippen LogP contribution in [0.5, 0.6) is 0 Å². The van der Waals surface area contributed by atoms with E-state index in [0.717, 1.165) is 15.5 Å². The van der Waals surface area contributed by atoms with E-state index in [-0.39, 0.29) is 11.3 Å². The summed E-state index contributed by atoms with van der Waals surface area (Å²) in [7, 11) is -0.774. The molecule has 3 atom stereocenters. The Morgan fingerprint density at radius 2 is 2.00 bits per heavy atom. The molecule has 3 unspecified atom stereocenters. The predicted octanol–water partition coefficient (Wildman–Crippen LogP) is 3.63. The van der Waals surface area contributed by atoms with Crippen molar-refractivity contribution >= 4 is 42.7 Å². The van der Waals surface area contributed by atoms with Gasteiger partial charge in [-0.1, -0.05) is 37.9 Å². The number of hydrogen-bond acceptors (Lipinski definition) is 2. The van der Waals surface area contributed by atoms with E-state index >= 15 is 0 Å². The number of halogens is 2. The van der Waals surface area contributed by atoms with Crippen molar-refractivity contribution in [3.05, 3.63) is 32.7 Å². The molecule has 0 fully saturated rings. The molecule has 1 aromatic rings. The maximum atomic E-state index is 11.3. The van der Waals surface area contributed by atoms with E-state index in [1.807, 2.05) is 19.1 Å². The minimum atomic E-state index is -0.774. The van der Waals surface area contributed by atoms with Crippen LogP contribution >= 0.6 is 31.9 Å². The molecule has 0 aliphatic heterocycles. The Bertz CT molecular complexity index is 411. The molecule has 1 N–H and O–H groups in total. The zero-order chi connectivity index (χ0) is 13.0. The number of rotatable bonds is 5. The van der Waals surface area contributed by atoms with Crippen LogP contribution in [0.4, 0.5) is 0 Å². The van der Waals surface area contributed by atoms with Gasteiger partial charge in [-0.25, -0.2) is 0 Å². The van der Waals surface area contributed by atoms with Crippen molar-refractivity contribution in [2.75, 3.05) is 12.8 Å². The maximum absolute atomic E-state index is 11.3. The number of hydrogen-bond donors (Lipinski definition) is 1. The van der Waals surface area contributed by atoms with Crippen molar-refractivity contribution < 1.29 is 4.21 Å². The number of nitrogens with one attached hydrogen (secondary N) is 1. The normalized spacial score (nSPS) is 16.5. The van der Waals surface area contributed by atoms with Crippen LogP contribution in [0.2, 0.25) is 0 Å². The molecule has 17 heavy (non-hydrogen) atoms. The van der Waals surface area contributed by atoms with Gasteiger partial charge in [-0.3, -0.25) is 4.21 Å². The van der Waals surface area contributed by atoms with Crippen molar-refractivity contribution in [1.29, 1.82) is 0 Å². The van der Waals surface area contributed by atoms with Crippen LogP contribution in [0.1, 0.15) is 25.5 Å². The summed E-state index contributed by atoms with van der Waals surface area (Å²) in [5.41, 5.74) is 1.21. The Balaban J connectivity index is 2.64. The molecule has 0 saturated heterocycles. The van der Waals surface area contributed by atoms with Crippen LogP contribution in [-0.2, 0) is 10.8 Å². The summed E-state index contributed by atoms with van der Waals surface area (Å²) in [6.45, 7) is 4.86. The van der Waals surface area contributed by atoms with Crippen LogP contribution in [0.3, 0.4) is 0 Å². The lowest BCUT2D eigenvalue weighted by Gasteiger charge is -2.18. The van der Waals surface area contributed by atoms with E-state index in [1.165, 1.54) is 5.56 Å². The highest BCUT2D eigenvalue weighted by Crippen LogP contribution is 2.26. The van der Waals surface area contributed by atoms with Gasteiger partial charge in [-0.2, -0.15) is 0 Å². The van der Waals surface area contributed by atoms with Gasteiger partial charge in [-0.05, 0) is 31.5 Å². The van der Waals surface area contributed by atoms with Crippen LogP contribution in [0.15, 0.2) is 27.1 Å². The SMILES string of the molecule is CC(NCC(C)S(C)=O)c1ccc(Br)cc1Br. The first kappa shape index (κ1) is 15.3. The summed E-state index contributed by atoms with van der Waals surface area (Å²) in [6.07, 6.45) is 1.74. The van der Waals surface area contributed by atoms with Crippen molar-refractivity contribution in [2.24, 2.45) is 0 Å². The lowest BCUT2D eigenvalue weighted by atomic mass is 10.1. The second-order valence-corrected chi connectivity index (χ2v) is 7.68. The first-order valence-corrected chi connectivity index (χ1v) is 8.63. The summed E-state index contributed by atoms with van der Waals surface area (Å²) in [4.78, 5) is 0. The smallest absolute Gasteiger partial charge is 0.0441 e. The first-order valence-electron chi connectivity index (χ1n) is 5.42. The molecule has 0 spiro atoms. The van der Waals surface area contributed by atoms with Crippen molar-refractivity contribution in [3.63, 3.8) is 0 Å². The summed E-state index contributed by atoms with van der Waals surface area (Å²) >= 11 is 6.99. The number of benzene rings is 1. The molecule has 2 nitrogen and oxygen atoms in total. The highest BCUT2D eigenvalue weighted by Gasteiger charge is 2.12. The summed E-state index contributed by atoms with van der Waals surface area (Å²) in [5, 5.41) is 3.57. The van der Waals surface area contributed by atoms with Gasteiger partial charge in [0.05, 0.1) is 0 Å². The van der Waals surface area contributed by atoms with E-state index in [9.17, 15) is 4.21 Å². The van der Waals surface area contributed by atoms with E-state index in [0.29, 0.717) is 0 Å². The van der Waals surface area contributed by atoms with E-state index in [1.54, 1.807) is 6.26 Å². The van der Waals surface area contributed by atoms with Gasteiger partial charge in [0.1, 0.15) is 0 Å². The minimum Gasteiger partial charge on any atom is -0.309 e. The summed E-state index contributed by atoms with van der Waals surface area (Å²) < 4.78 is 13.4. The molecule has 0 heterocycles. The Kier molecular flexibility index (Phi) is 6.34. The van der Waals surface area contributed by atoms with E-state index < -0.39 is 10.8 Å². The molecule has 0 aliphatic carbocycles. The topological polar surface area (TPSA) is 29.1 Å². The first-order chi connectivity index (χ1) is 7.91. The molecular formula is C12H17Br2NOS. The van der Waals surface area contributed by atoms with Crippen molar-refractivity contribution in [1.82, 2.24) is 5.32 Å². The average Bonchev–Trinajstić information content (AvgIpc) is 2.25. The maximum Gasteiger partial charge on any atom is 0.0441 e. The third kappa shape index (κ3) is 4.81. The Labute approximate surface area is 122 Å². The monoisotopic (exact) mass is 381 g/mol. The second kappa shape index (κ2) is 7.02. The highest BCUT2D eigenvalue weighted by molar-refractivity contribution is 9.11. The van der Waals surface area contributed by atoms with Crippen LogP contribution < -0.4 is 5.32 Å².